The van der Waals surface area contributed by atoms with Crippen LogP contribution >= 0.6 is 35.5 Å². The van der Waals surface area contributed by atoms with Crippen molar-refractivity contribution in [1.82, 2.24) is 10.2 Å². The number of rotatable bonds is 6. The van der Waals surface area contributed by atoms with Crippen LogP contribution in [0.4, 0.5) is 0 Å². The molecular formula is C16H25ClN2OS2. The molecule has 3 rings (SSSR count). The summed E-state index contributed by atoms with van der Waals surface area (Å²) in [4.78, 5) is 14.8. The summed E-state index contributed by atoms with van der Waals surface area (Å²) >= 11 is 3.48. The highest BCUT2D eigenvalue weighted by molar-refractivity contribution is 7.98. The molecule has 124 valence electrons. The number of carbonyl (C=O) groups is 1. The number of nitrogens with zero attached hydrogens (tertiary/aromatic N) is 1. The monoisotopic (exact) mass is 360 g/mol. The third kappa shape index (κ3) is 3.99. The lowest BCUT2D eigenvalue weighted by Gasteiger charge is -2.29. The molecular weight excluding hydrogens is 336 g/mol. The molecule has 0 bridgehead atoms. The van der Waals surface area contributed by atoms with Crippen LogP contribution in [0, 0.1) is 5.41 Å². The molecule has 1 amide bonds. The normalized spacial score (nSPS) is 22.1. The maximum Gasteiger partial charge on any atom is 0.223 e. The van der Waals surface area contributed by atoms with Crippen LogP contribution in [0.15, 0.2) is 16.8 Å². The minimum absolute atomic E-state index is 0. The van der Waals surface area contributed by atoms with Crippen LogP contribution < -0.4 is 5.32 Å². The fraction of sp³-hybridized carbons (Fsp3) is 0.688. The molecule has 6 heteroatoms. The van der Waals surface area contributed by atoms with Crippen molar-refractivity contribution in [3.63, 3.8) is 0 Å². The molecule has 1 N–H and O–H groups in total. The number of amides is 1. The van der Waals surface area contributed by atoms with Gasteiger partial charge in [0.25, 0.3) is 0 Å². The lowest BCUT2D eigenvalue weighted by atomic mass is 9.93. The average molecular weight is 361 g/mol. The third-order valence-corrected chi connectivity index (χ3v) is 6.24. The van der Waals surface area contributed by atoms with E-state index in [0.29, 0.717) is 23.8 Å². The minimum atomic E-state index is 0. The van der Waals surface area contributed by atoms with Gasteiger partial charge in [-0.3, -0.25) is 4.79 Å². The first-order valence-electron chi connectivity index (χ1n) is 7.75. The smallest absolute Gasteiger partial charge is 0.223 e. The molecule has 2 fully saturated rings. The number of carbonyl (C=O) groups excluding carboxylic acids is 1. The minimum Gasteiger partial charge on any atom is -0.335 e. The van der Waals surface area contributed by atoms with E-state index in [9.17, 15) is 4.79 Å². The van der Waals surface area contributed by atoms with Gasteiger partial charge in [-0.2, -0.15) is 23.1 Å². The molecule has 1 aliphatic carbocycles. The number of thioether (sulfide) groups is 1. The van der Waals surface area contributed by atoms with Crippen LogP contribution in [0.1, 0.15) is 31.2 Å². The summed E-state index contributed by atoms with van der Waals surface area (Å²) in [6.45, 7) is 3.03. The van der Waals surface area contributed by atoms with E-state index in [2.05, 4.69) is 33.3 Å². The first-order valence-corrected chi connectivity index (χ1v) is 10.1. The highest BCUT2D eigenvalue weighted by atomic mass is 35.5. The Hall–Kier alpha value is -0.230. The summed E-state index contributed by atoms with van der Waals surface area (Å²) in [5.74, 6) is 1.27. The third-order valence-electron chi connectivity index (χ3n) is 4.90. The molecule has 1 atom stereocenters. The summed E-state index contributed by atoms with van der Waals surface area (Å²) in [7, 11) is 0. The number of nitrogens with one attached hydrogen (secondary N) is 1. The molecule has 0 radical (unpaired) electrons. The van der Waals surface area contributed by atoms with Gasteiger partial charge in [0, 0.05) is 24.8 Å². The molecule has 1 spiro atoms. The highest BCUT2D eigenvalue weighted by Gasteiger charge is 2.57. The lowest BCUT2D eigenvalue weighted by molar-refractivity contribution is -0.132. The van der Waals surface area contributed by atoms with Crippen LogP contribution in [-0.2, 0) is 11.3 Å². The Kier molecular flexibility index (Phi) is 6.62. The average Bonchev–Trinajstić information content (AvgIpc) is 2.95. The number of halogens is 1. The van der Waals surface area contributed by atoms with Crippen molar-refractivity contribution in [3.8, 4) is 0 Å². The van der Waals surface area contributed by atoms with E-state index < -0.39 is 0 Å². The summed E-state index contributed by atoms with van der Waals surface area (Å²) in [6, 6.07) is 2.63. The molecule has 1 aromatic rings. The van der Waals surface area contributed by atoms with Crippen LogP contribution in [-0.4, -0.2) is 41.9 Å². The SMILES string of the molecule is CSCCC(=O)N(Cc1ccsc1)C1CC12CCNCC2.Cl. The van der Waals surface area contributed by atoms with E-state index in [1.807, 2.05) is 0 Å². The summed E-state index contributed by atoms with van der Waals surface area (Å²) in [6.07, 6.45) is 6.42. The van der Waals surface area contributed by atoms with Gasteiger partial charge in [0.2, 0.25) is 5.91 Å². The molecule has 1 aromatic heterocycles. The van der Waals surface area contributed by atoms with Crippen molar-refractivity contribution in [2.45, 2.75) is 38.3 Å². The maximum absolute atomic E-state index is 12.6. The fourth-order valence-corrected chi connectivity index (χ4v) is 4.55. The Balaban J connectivity index is 0.00000176. The molecule has 2 aliphatic rings. The van der Waals surface area contributed by atoms with E-state index in [0.717, 1.165) is 25.4 Å². The van der Waals surface area contributed by atoms with Crippen molar-refractivity contribution in [1.29, 1.82) is 0 Å². The summed E-state index contributed by atoms with van der Waals surface area (Å²) in [5.41, 5.74) is 1.71. The van der Waals surface area contributed by atoms with Gasteiger partial charge >= 0.3 is 0 Å². The van der Waals surface area contributed by atoms with Gasteiger partial charge in [0.05, 0.1) is 0 Å². The van der Waals surface area contributed by atoms with Crippen LogP contribution in [0.5, 0.6) is 0 Å². The van der Waals surface area contributed by atoms with Crippen molar-refractivity contribution in [2.24, 2.45) is 5.41 Å². The van der Waals surface area contributed by atoms with Gasteiger partial charge in [0.15, 0.2) is 0 Å². The first-order chi connectivity index (χ1) is 10.2. The van der Waals surface area contributed by atoms with Crippen molar-refractivity contribution in [2.75, 3.05) is 25.1 Å². The van der Waals surface area contributed by atoms with Gasteiger partial charge in [0.1, 0.15) is 0 Å². The second-order valence-corrected chi connectivity index (χ2v) is 7.99. The maximum atomic E-state index is 12.6. The molecule has 1 saturated heterocycles. The number of piperidine rings is 1. The standard InChI is InChI=1S/C16H24N2OS2.ClH/c1-20-8-3-15(19)18(11-13-2-9-21-12-13)14-10-16(14)4-6-17-7-5-16;/h2,9,12,14,17H,3-8,10-11H2,1H3;1H. The van der Waals surface area contributed by atoms with Gasteiger partial charge in [-0.25, -0.2) is 0 Å². The largest absolute Gasteiger partial charge is 0.335 e. The van der Waals surface area contributed by atoms with Crippen molar-refractivity contribution in [3.05, 3.63) is 22.4 Å². The quantitative estimate of drug-likeness (QED) is 0.843. The molecule has 3 nitrogen and oxygen atoms in total. The predicted molar refractivity (Wildman–Crippen MR) is 98.1 cm³/mol. The van der Waals surface area contributed by atoms with E-state index >= 15 is 0 Å². The molecule has 2 heterocycles. The predicted octanol–water partition coefficient (Wildman–Crippen LogP) is 3.39. The molecule has 1 saturated carbocycles. The zero-order valence-electron chi connectivity index (χ0n) is 13.0. The fourth-order valence-electron chi connectivity index (χ4n) is 3.51. The van der Waals surface area contributed by atoms with Gasteiger partial charge in [-0.1, -0.05) is 0 Å². The van der Waals surface area contributed by atoms with Gasteiger partial charge < -0.3 is 10.2 Å². The number of thiophene rings is 1. The van der Waals surface area contributed by atoms with Crippen LogP contribution in [0.2, 0.25) is 0 Å². The Morgan fingerprint density at radius 3 is 2.91 bits per heavy atom. The number of hydrogen-bond acceptors (Lipinski definition) is 4. The molecule has 1 unspecified atom stereocenters. The molecule has 22 heavy (non-hydrogen) atoms. The van der Waals surface area contributed by atoms with E-state index in [1.165, 1.54) is 24.8 Å². The van der Waals surface area contributed by atoms with Gasteiger partial charge in [-0.15, -0.1) is 12.4 Å². The zero-order valence-corrected chi connectivity index (χ0v) is 15.5. The highest BCUT2D eigenvalue weighted by Crippen LogP contribution is 2.56. The second-order valence-electron chi connectivity index (χ2n) is 6.23. The topological polar surface area (TPSA) is 32.3 Å². The van der Waals surface area contributed by atoms with Crippen LogP contribution in [0.3, 0.4) is 0 Å². The van der Waals surface area contributed by atoms with Crippen LogP contribution in [0.25, 0.3) is 0 Å². The lowest BCUT2D eigenvalue weighted by Crippen LogP contribution is -2.39. The summed E-state index contributed by atoms with van der Waals surface area (Å²) in [5, 5.41) is 7.72. The number of hydrogen-bond donors (Lipinski definition) is 1. The Morgan fingerprint density at radius 2 is 2.27 bits per heavy atom. The van der Waals surface area contributed by atoms with Gasteiger partial charge in [-0.05, 0) is 66.4 Å². The van der Waals surface area contributed by atoms with E-state index in [1.54, 1.807) is 23.1 Å². The van der Waals surface area contributed by atoms with E-state index in [-0.39, 0.29) is 12.4 Å². The first kappa shape index (κ1) is 18.1. The molecule has 1 aliphatic heterocycles. The van der Waals surface area contributed by atoms with E-state index in [4.69, 9.17) is 0 Å². The Bertz CT molecular complexity index is 475. The molecule has 0 aromatic carbocycles. The second kappa shape index (κ2) is 8.04. The summed E-state index contributed by atoms with van der Waals surface area (Å²) < 4.78 is 0. The van der Waals surface area contributed by atoms with Crippen molar-refractivity contribution < 1.29 is 4.79 Å². The Labute approximate surface area is 147 Å². The zero-order chi connectivity index (χ0) is 14.7. The van der Waals surface area contributed by atoms with Crippen molar-refractivity contribution >= 4 is 41.4 Å². The Morgan fingerprint density at radius 1 is 1.50 bits per heavy atom.